The average molecular weight is 193 g/mol. The Morgan fingerprint density at radius 3 is 2.64 bits per heavy atom. The monoisotopic (exact) mass is 193 g/mol. The maximum atomic E-state index is 5.78. The summed E-state index contributed by atoms with van der Waals surface area (Å²) in [7, 11) is 4.03. The molecule has 0 radical (unpaired) electrons. The Morgan fingerprint density at radius 2 is 2.07 bits per heavy atom. The van der Waals surface area contributed by atoms with Crippen LogP contribution in [-0.2, 0) is 0 Å². The summed E-state index contributed by atoms with van der Waals surface area (Å²) in [4.78, 5) is 2.19. The second-order valence-corrected chi connectivity index (χ2v) is 3.63. The van der Waals surface area contributed by atoms with Crippen molar-refractivity contribution in [3.05, 3.63) is 23.8 Å². The fraction of sp³-hybridized carbons (Fsp3) is 0.455. The van der Waals surface area contributed by atoms with Crippen LogP contribution >= 0.6 is 0 Å². The lowest BCUT2D eigenvalue weighted by molar-refractivity contribution is 0.768. The van der Waals surface area contributed by atoms with E-state index >= 15 is 0 Å². The standard InChI is InChI=1S/C11H19N3/c1-9-6-10(12)8-11(7-9)14(3)5-4-13-2/h6-8,13H,4-5,12H2,1-3H3. The van der Waals surface area contributed by atoms with E-state index in [1.807, 2.05) is 19.2 Å². The summed E-state index contributed by atoms with van der Waals surface area (Å²) in [5.41, 5.74) is 9.00. The molecule has 1 aromatic rings. The van der Waals surface area contributed by atoms with Crippen molar-refractivity contribution >= 4 is 11.4 Å². The maximum Gasteiger partial charge on any atom is 0.0387 e. The van der Waals surface area contributed by atoms with Gasteiger partial charge in [0.25, 0.3) is 0 Å². The molecule has 0 saturated heterocycles. The van der Waals surface area contributed by atoms with Gasteiger partial charge in [-0.2, -0.15) is 0 Å². The highest BCUT2D eigenvalue weighted by molar-refractivity contribution is 5.57. The SMILES string of the molecule is CNCCN(C)c1cc(C)cc(N)c1. The molecule has 0 heterocycles. The molecular formula is C11H19N3. The van der Waals surface area contributed by atoms with Crippen LogP contribution in [0.2, 0.25) is 0 Å². The lowest BCUT2D eigenvalue weighted by atomic mass is 10.2. The van der Waals surface area contributed by atoms with E-state index in [9.17, 15) is 0 Å². The van der Waals surface area contributed by atoms with Gasteiger partial charge in [0, 0.05) is 31.5 Å². The van der Waals surface area contributed by atoms with Crippen LogP contribution in [0, 0.1) is 6.92 Å². The van der Waals surface area contributed by atoms with Crippen molar-refractivity contribution in [2.75, 3.05) is 37.8 Å². The van der Waals surface area contributed by atoms with Crippen LogP contribution in [0.5, 0.6) is 0 Å². The lowest BCUT2D eigenvalue weighted by Crippen LogP contribution is -2.27. The summed E-state index contributed by atoms with van der Waals surface area (Å²) in [5, 5.41) is 3.12. The fourth-order valence-electron chi connectivity index (χ4n) is 1.42. The first-order valence-corrected chi connectivity index (χ1v) is 4.86. The van der Waals surface area contributed by atoms with Crippen LogP contribution in [0.15, 0.2) is 18.2 Å². The third-order valence-corrected chi connectivity index (χ3v) is 2.22. The van der Waals surface area contributed by atoms with Gasteiger partial charge in [0.1, 0.15) is 0 Å². The molecule has 1 aromatic carbocycles. The minimum Gasteiger partial charge on any atom is -0.399 e. The number of nitrogens with two attached hydrogens (primary N) is 1. The Kier molecular flexibility index (Phi) is 3.77. The molecule has 0 aromatic heterocycles. The van der Waals surface area contributed by atoms with E-state index in [1.54, 1.807) is 0 Å². The highest BCUT2D eigenvalue weighted by Crippen LogP contribution is 2.18. The van der Waals surface area contributed by atoms with Crippen molar-refractivity contribution < 1.29 is 0 Å². The molecule has 3 N–H and O–H groups in total. The highest BCUT2D eigenvalue weighted by Gasteiger charge is 2.01. The van der Waals surface area contributed by atoms with Crippen molar-refractivity contribution in [2.24, 2.45) is 0 Å². The van der Waals surface area contributed by atoms with Crippen LogP contribution in [0.3, 0.4) is 0 Å². The molecule has 3 heteroatoms. The van der Waals surface area contributed by atoms with Gasteiger partial charge in [-0.15, -0.1) is 0 Å². The van der Waals surface area contributed by atoms with Crippen molar-refractivity contribution in [1.82, 2.24) is 5.32 Å². The minimum atomic E-state index is 0.830. The molecule has 0 spiro atoms. The third-order valence-electron chi connectivity index (χ3n) is 2.22. The Hall–Kier alpha value is -1.22. The number of aryl methyl sites for hydroxylation is 1. The van der Waals surface area contributed by atoms with Gasteiger partial charge in [-0.1, -0.05) is 0 Å². The number of nitrogen functional groups attached to an aromatic ring is 1. The Morgan fingerprint density at radius 1 is 1.36 bits per heavy atom. The second kappa shape index (κ2) is 4.86. The number of likely N-dealkylation sites (N-methyl/N-ethyl adjacent to an activating group) is 2. The van der Waals surface area contributed by atoms with E-state index in [0.29, 0.717) is 0 Å². The third kappa shape index (κ3) is 2.92. The predicted octanol–water partition coefficient (Wildman–Crippen LogP) is 1.23. The van der Waals surface area contributed by atoms with Gasteiger partial charge in [0.15, 0.2) is 0 Å². The Balaban J connectivity index is 2.73. The van der Waals surface area contributed by atoms with Gasteiger partial charge >= 0.3 is 0 Å². The zero-order chi connectivity index (χ0) is 10.6. The number of rotatable bonds is 4. The fourth-order valence-corrected chi connectivity index (χ4v) is 1.42. The normalized spacial score (nSPS) is 10.2. The lowest BCUT2D eigenvalue weighted by Gasteiger charge is -2.20. The molecule has 3 nitrogen and oxygen atoms in total. The molecule has 0 fully saturated rings. The molecule has 0 saturated carbocycles. The largest absolute Gasteiger partial charge is 0.399 e. The van der Waals surface area contributed by atoms with Gasteiger partial charge in [0.05, 0.1) is 0 Å². The molecule has 0 bridgehead atoms. The smallest absolute Gasteiger partial charge is 0.0387 e. The van der Waals surface area contributed by atoms with E-state index in [1.165, 1.54) is 11.3 Å². The molecule has 0 atom stereocenters. The average Bonchev–Trinajstić information content (AvgIpc) is 2.12. The van der Waals surface area contributed by atoms with E-state index in [-0.39, 0.29) is 0 Å². The van der Waals surface area contributed by atoms with Crippen LogP contribution in [-0.4, -0.2) is 27.2 Å². The number of nitrogens with zero attached hydrogens (tertiary/aromatic N) is 1. The van der Waals surface area contributed by atoms with E-state index in [2.05, 4.69) is 30.3 Å². The molecule has 0 amide bonds. The van der Waals surface area contributed by atoms with Gasteiger partial charge < -0.3 is 16.0 Å². The molecule has 78 valence electrons. The van der Waals surface area contributed by atoms with E-state index < -0.39 is 0 Å². The van der Waals surface area contributed by atoms with Crippen molar-refractivity contribution in [1.29, 1.82) is 0 Å². The number of nitrogens with one attached hydrogen (secondary N) is 1. The quantitative estimate of drug-likeness (QED) is 0.707. The molecule has 0 aliphatic heterocycles. The zero-order valence-electron chi connectivity index (χ0n) is 9.17. The summed E-state index contributed by atoms with van der Waals surface area (Å²) in [6, 6.07) is 6.13. The van der Waals surface area contributed by atoms with Crippen molar-refractivity contribution in [3.63, 3.8) is 0 Å². The first-order valence-electron chi connectivity index (χ1n) is 4.86. The summed E-state index contributed by atoms with van der Waals surface area (Å²) in [6.45, 7) is 4.02. The number of hydrogen-bond acceptors (Lipinski definition) is 3. The molecule has 0 unspecified atom stereocenters. The van der Waals surface area contributed by atoms with Crippen LogP contribution < -0.4 is 16.0 Å². The topological polar surface area (TPSA) is 41.3 Å². The minimum absolute atomic E-state index is 0.830. The Bertz CT molecular complexity index is 276. The first kappa shape index (κ1) is 10.9. The van der Waals surface area contributed by atoms with E-state index in [4.69, 9.17) is 5.73 Å². The Labute approximate surface area is 85.9 Å². The molecular weight excluding hydrogens is 174 g/mol. The van der Waals surface area contributed by atoms with Crippen LogP contribution in [0.25, 0.3) is 0 Å². The maximum absolute atomic E-state index is 5.78. The molecule has 0 aliphatic rings. The first-order chi connectivity index (χ1) is 6.63. The zero-order valence-corrected chi connectivity index (χ0v) is 9.17. The summed E-state index contributed by atoms with van der Waals surface area (Å²) in [5.74, 6) is 0. The van der Waals surface area contributed by atoms with Crippen LogP contribution in [0.4, 0.5) is 11.4 Å². The van der Waals surface area contributed by atoms with Crippen molar-refractivity contribution in [3.8, 4) is 0 Å². The van der Waals surface area contributed by atoms with Gasteiger partial charge in [-0.3, -0.25) is 0 Å². The molecule has 1 rings (SSSR count). The number of benzene rings is 1. The summed E-state index contributed by atoms with van der Waals surface area (Å²) in [6.07, 6.45) is 0. The summed E-state index contributed by atoms with van der Waals surface area (Å²) >= 11 is 0. The van der Waals surface area contributed by atoms with Gasteiger partial charge in [-0.05, 0) is 37.7 Å². The number of anilines is 2. The molecule has 14 heavy (non-hydrogen) atoms. The van der Waals surface area contributed by atoms with E-state index in [0.717, 1.165) is 18.8 Å². The van der Waals surface area contributed by atoms with Crippen LogP contribution in [0.1, 0.15) is 5.56 Å². The van der Waals surface area contributed by atoms with Crippen molar-refractivity contribution in [2.45, 2.75) is 6.92 Å². The second-order valence-electron chi connectivity index (χ2n) is 3.63. The van der Waals surface area contributed by atoms with Gasteiger partial charge in [-0.25, -0.2) is 0 Å². The number of hydrogen-bond donors (Lipinski definition) is 2. The highest BCUT2D eigenvalue weighted by atomic mass is 15.1. The summed E-state index contributed by atoms with van der Waals surface area (Å²) < 4.78 is 0. The molecule has 0 aliphatic carbocycles. The predicted molar refractivity (Wildman–Crippen MR) is 62.8 cm³/mol. The van der Waals surface area contributed by atoms with Gasteiger partial charge in [0.2, 0.25) is 0 Å².